The molecule has 84 valence electrons. The number of rotatable bonds is 5. The maximum absolute atomic E-state index is 5.59. The van der Waals surface area contributed by atoms with Gasteiger partial charge in [-0.3, -0.25) is 0 Å². The monoisotopic (exact) mass is 215 g/mol. The van der Waals surface area contributed by atoms with Crippen molar-refractivity contribution in [1.29, 1.82) is 0 Å². The van der Waals surface area contributed by atoms with Crippen molar-refractivity contribution in [1.82, 2.24) is 9.55 Å². The second-order valence-electron chi connectivity index (χ2n) is 3.83. The van der Waals surface area contributed by atoms with E-state index in [2.05, 4.69) is 33.8 Å². The van der Waals surface area contributed by atoms with E-state index in [1.165, 1.54) is 5.56 Å². The molecule has 1 heterocycles. The minimum absolute atomic E-state index is 0.512. The summed E-state index contributed by atoms with van der Waals surface area (Å²) in [6.45, 7) is 1.50. The Morgan fingerprint density at radius 2 is 2.00 bits per heavy atom. The fourth-order valence-corrected chi connectivity index (χ4v) is 1.83. The largest absolute Gasteiger partial charge is 0.334 e. The van der Waals surface area contributed by atoms with Crippen molar-refractivity contribution in [2.45, 2.75) is 25.9 Å². The average Bonchev–Trinajstić information content (AvgIpc) is 2.78. The summed E-state index contributed by atoms with van der Waals surface area (Å²) in [6.07, 6.45) is 6.02. The number of hydrogen-bond donors (Lipinski definition) is 1. The van der Waals surface area contributed by atoms with Gasteiger partial charge in [0.05, 0.1) is 6.54 Å². The molecule has 2 rings (SSSR count). The fraction of sp³-hybridized carbons (Fsp3) is 0.308. The highest BCUT2D eigenvalue weighted by Crippen LogP contribution is 2.05. The lowest BCUT2D eigenvalue weighted by atomic mass is 10.1. The van der Waals surface area contributed by atoms with Crippen LogP contribution in [0.4, 0.5) is 0 Å². The van der Waals surface area contributed by atoms with Crippen molar-refractivity contribution >= 4 is 0 Å². The second kappa shape index (κ2) is 5.47. The van der Waals surface area contributed by atoms with Crippen LogP contribution in [0.15, 0.2) is 42.7 Å². The van der Waals surface area contributed by atoms with Crippen LogP contribution in [0.25, 0.3) is 0 Å². The minimum Gasteiger partial charge on any atom is -0.334 e. The van der Waals surface area contributed by atoms with Crippen molar-refractivity contribution in [3.05, 3.63) is 54.1 Å². The molecule has 3 heteroatoms. The summed E-state index contributed by atoms with van der Waals surface area (Å²) in [5.74, 6) is 0.966. The summed E-state index contributed by atoms with van der Waals surface area (Å²) < 4.78 is 2.13. The van der Waals surface area contributed by atoms with Crippen molar-refractivity contribution in [3.8, 4) is 0 Å². The highest BCUT2D eigenvalue weighted by molar-refractivity contribution is 5.14. The first-order chi connectivity index (χ1) is 7.90. The molecule has 1 aromatic carbocycles. The first-order valence-electron chi connectivity index (χ1n) is 5.64. The summed E-state index contributed by atoms with van der Waals surface area (Å²) in [4.78, 5) is 4.20. The average molecular weight is 215 g/mol. The first-order valence-corrected chi connectivity index (χ1v) is 5.64. The van der Waals surface area contributed by atoms with E-state index in [4.69, 9.17) is 5.73 Å². The van der Waals surface area contributed by atoms with Crippen LogP contribution in [0.3, 0.4) is 0 Å². The highest BCUT2D eigenvalue weighted by atomic mass is 15.1. The van der Waals surface area contributed by atoms with Crippen LogP contribution in [0.1, 0.15) is 17.8 Å². The number of aryl methyl sites for hydroxylation is 2. The van der Waals surface area contributed by atoms with E-state index in [1.807, 2.05) is 18.5 Å². The van der Waals surface area contributed by atoms with Crippen LogP contribution >= 0.6 is 0 Å². The lowest BCUT2D eigenvalue weighted by Crippen LogP contribution is -2.08. The molecule has 3 nitrogen and oxygen atoms in total. The quantitative estimate of drug-likeness (QED) is 0.828. The molecule has 0 saturated heterocycles. The Morgan fingerprint density at radius 1 is 1.19 bits per heavy atom. The molecule has 16 heavy (non-hydrogen) atoms. The molecule has 0 saturated carbocycles. The number of benzene rings is 1. The SMILES string of the molecule is NCc1nccn1CCCc1ccccc1. The summed E-state index contributed by atoms with van der Waals surface area (Å²) in [6, 6.07) is 10.5. The Kier molecular flexibility index (Phi) is 3.72. The zero-order valence-electron chi connectivity index (χ0n) is 9.34. The van der Waals surface area contributed by atoms with Crippen LogP contribution in [0.5, 0.6) is 0 Å². The number of nitrogens with two attached hydrogens (primary N) is 1. The van der Waals surface area contributed by atoms with Crippen molar-refractivity contribution in [3.63, 3.8) is 0 Å². The molecular weight excluding hydrogens is 198 g/mol. The summed E-state index contributed by atoms with van der Waals surface area (Å²) >= 11 is 0. The Balaban J connectivity index is 1.85. The minimum atomic E-state index is 0.512. The second-order valence-corrected chi connectivity index (χ2v) is 3.83. The Hall–Kier alpha value is -1.61. The number of aromatic nitrogens is 2. The summed E-state index contributed by atoms with van der Waals surface area (Å²) in [5, 5.41) is 0. The van der Waals surface area contributed by atoms with Crippen LogP contribution < -0.4 is 5.73 Å². The molecule has 2 aromatic rings. The molecule has 0 aliphatic heterocycles. The van der Waals surface area contributed by atoms with Gasteiger partial charge in [0.25, 0.3) is 0 Å². The highest BCUT2D eigenvalue weighted by Gasteiger charge is 1.99. The predicted molar refractivity (Wildman–Crippen MR) is 64.9 cm³/mol. The standard InChI is InChI=1S/C13H17N3/c14-11-13-15-8-10-16(13)9-4-7-12-5-2-1-3-6-12/h1-3,5-6,8,10H,4,7,9,11,14H2. The predicted octanol–water partition coefficient (Wildman–Crippen LogP) is 1.97. The molecule has 0 aliphatic carbocycles. The molecule has 0 radical (unpaired) electrons. The van der Waals surface area contributed by atoms with E-state index in [-0.39, 0.29) is 0 Å². The third-order valence-electron chi connectivity index (χ3n) is 2.69. The maximum atomic E-state index is 5.59. The van der Waals surface area contributed by atoms with Gasteiger partial charge in [0, 0.05) is 18.9 Å². The topological polar surface area (TPSA) is 43.8 Å². The molecular formula is C13H17N3. The van der Waals surface area contributed by atoms with E-state index in [0.29, 0.717) is 6.54 Å². The lowest BCUT2D eigenvalue weighted by molar-refractivity contribution is 0.611. The van der Waals surface area contributed by atoms with Crippen molar-refractivity contribution in [2.75, 3.05) is 0 Å². The van der Waals surface area contributed by atoms with E-state index in [9.17, 15) is 0 Å². The van der Waals surface area contributed by atoms with Gasteiger partial charge < -0.3 is 10.3 Å². The van der Waals surface area contributed by atoms with E-state index < -0.39 is 0 Å². The van der Waals surface area contributed by atoms with Gasteiger partial charge in [-0.15, -0.1) is 0 Å². The lowest BCUT2D eigenvalue weighted by Gasteiger charge is -2.06. The molecule has 0 unspecified atom stereocenters. The first kappa shape index (κ1) is 10.9. The van der Waals surface area contributed by atoms with Crippen LogP contribution in [-0.4, -0.2) is 9.55 Å². The fourth-order valence-electron chi connectivity index (χ4n) is 1.83. The van der Waals surface area contributed by atoms with Crippen LogP contribution in [-0.2, 0) is 19.5 Å². The van der Waals surface area contributed by atoms with E-state index >= 15 is 0 Å². The van der Waals surface area contributed by atoms with E-state index in [1.54, 1.807) is 0 Å². The Labute approximate surface area is 95.9 Å². The van der Waals surface area contributed by atoms with Gasteiger partial charge in [0.1, 0.15) is 5.82 Å². The Morgan fingerprint density at radius 3 is 2.75 bits per heavy atom. The van der Waals surface area contributed by atoms with Gasteiger partial charge in [-0.05, 0) is 18.4 Å². The van der Waals surface area contributed by atoms with Gasteiger partial charge in [-0.2, -0.15) is 0 Å². The van der Waals surface area contributed by atoms with Gasteiger partial charge in [-0.25, -0.2) is 4.98 Å². The molecule has 0 amide bonds. The molecule has 1 aromatic heterocycles. The zero-order chi connectivity index (χ0) is 11.2. The number of nitrogens with zero attached hydrogens (tertiary/aromatic N) is 2. The maximum Gasteiger partial charge on any atom is 0.122 e. The third-order valence-corrected chi connectivity index (χ3v) is 2.69. The number of hydrogen-bond acceptors (Lipinski definition) is 2. The van der Waals surface area contributed by atoms with Gasteiger partial charge in [0.15, 0.2) is 0 Å². The zero-order valence-corrected chi connectivity index (χ0v) is 9.34. The van der Waals surface area contributed by atoms with Crippen molar-refractivity contribution < 1.29 is 0 Å². The van der Waals surface area contributed by atoms with Gasteiger partial charge in [-0.1, -0.05) is 30.3 Å². The number of imidazole rings is 1. The van der Waals surface area contributed by atoms with Crippen LogP contribution in [0, 0.1) is 0 Å². The third kappa shape index (κ3) is 2.70. The molecule has 0 fully saturated rings. The smallest absolute Gasteiger partial charge is 0.122 e. The van der Waals surface area contributed by atoms with Crippen LogP contribution in [0.2, 0.25) is 0 Å². The van der Waals surface area contributed by atoms with E-state index in [0.717, 1.165) is 25.2 Å². The molecule has 0 aliphatic rings. The van der Waals surface area contributed by atoms with Gasteiger partial charge in [0.2, 0.25) is 0 Å². The molecule has 0 atom stereocenters. The Bertz CT molecular complexity index is 420. The van der Waals surface area contributed by atoms with Crippen molar-refractivity contribution in [2.24, 2.45) is 5.73 Å². The molecule has 0 spiro atoms. The van der Waals surface area contributed by atoms with Gasteiger partial charge >= 0.3 is 0 Å². The molecule has 0 bridgehead atoms. The summed E-state index contributed by atoms with van der Waals surface area (Å²) in [7, 11) is 0. The molecule has 2 N–H and O–H groups in total. The summed E-state index contributed by atoms with van der Waals surface area (Å²) in [5.41, 5.74) is 6.98. The normalized spacial score (nSPS) is 10.6.